The molecule has 0 saturated carbocycles. The fourth-order valence-corrected chi connectivity index (χ4v) is 4.05. The van der Waals surface area contributed by atoms with E-state index in [0.717, 1.165) is 11.1 Å². The molecule has 134 valence electrons. The molecule has 2 rings (SSSR count). The van der Waals surface area contributed by atoms with Crippen molar-refractivity contribution in [3.8, 4) is 0 Å². The van der Waals surface area contributed by atoms with Gasteiger partial charge in [-0.25, -0.2) is 13.1 Å². The maximum absolute atomic E-state index is 12.2. The normalized spacial score (nSPS) is 12.6. The molecule has 0 saturated heterocycles. The summed E-state index contributed by atoms with van der Waals surface area (Å²) in [7, 11) is -3.74. The molecule has 0 heterocycles. The van der Waals surface area contributed by atoms with Gasteiger partial charge in [0.2, 0.25) is 15.9 Å². The Morgan fingerprint density at radius 2 is 1.76 bits per heavy atom. The van der Waals surface area contributed by atoms with E-state index in [4.69, 9.17) is 11.6 Å². The number of hydrogen-bond donors (Lipinski definition) is 2. The van der Waals surface area contributed by atoms with Gasteiger partial charge in [-0.3, -0.25) is 4.79 Å². The Morgan fingerprint density at radius 3 is 2.44 bits per heavy atom. The number of aryl methyl sites for hydroxylation is 1. The summed E-state index contributed by atoms with van der Waals surface area (Å²) < 4.78 is 26.8. The van der Waals surface area contributed by atoms with E-state index < -0.39 is 10.0 Å². The number of carbonyl (C=O) groups is 1. The van der Waals surface area contributed by atoms with Crippen molar-refractivity contribution in [3.05, 3.63) is 64.7 Å². The van der Waals surface area contributed by atoms with E-state index in [1.807, 2.05) is 38.1 Å². The second-order valence-electron chi connectivity index (χ2n) is 5.72. The van der Waals surface area contributed by atoms with Crippen LogP contribution in [0.15, 0.2) is 53.4 Å². The number of hydrogen-bond acceptors (Lipinski definition) is 3. The minimum Gasteiger partial charge on any atom is -0.350 e. The highest BCUT2D eigenvalue weighted by Gasteiger charge is 2.18. The topological polar surface area (TPSA) is 75.3 Å². The lowest BCUT2D eigenvalue weighted by molar-refractivity contribution is -0.121. The molecule has 1 atom stereocenters. The predicted octanol–water partition coefficient (Wildman–Crippen LogP) is 3.19. The van der Waals surface area contributed by atoms with E-state index in [9.17, 15) is 13.2 Å². The average Bonchev–Trinajstić information content (AvgIpc) is 2.55. The summed E-state index contributed by atoms with van der Waals surface area (Å²) in [5.41, 5.74) is 2.13. The highest BCUT2D eigenvalue weighted by molar-refractivity contribution is 7.89. The quantitative estimate of drug-likeness (QED) is 0.774. The summed E-state index contributed by atoms with van der Waals surface area (Å²) >= 11 is 5.90. The number of sulfonamides is 1. The van der Waals surface area contributed by atoms with Crippen molar-refractivity contribution >= 4 is 27.5 Å². The smallest absolute Gasteiger partial charge is 0.242 e. The average molecular weight is 381 g/mol. The maximum atomic E-state index is 12.2. The zero-order valence-electron chi connectivity index (χ0n) is 14.1. The molecule has 0 aromatic heterocycles. The van der Waals surface area contributed by atoms with Crippen LogP contribution < -0.4 is 10.0 Å². The molecule has 0 bridgehead atoms. The second-order valence-corrected chi connectivity index (χ2v) is 7.87. The maximum Gasteiger partial charge on any atom is 0.242 e. The van der Waals surface area contributed by atoms with E-state index in [-0.39, 0.29) is 34.8 Å². The molecule has 5 nitrogen and oxygen atoms in total. The standard InChI is InChI=1S/C18H21ClN2O3S/c1-13-7-3-4-8-15(13)14(2)21-18(22)11-12-20-25(23,24)17-10-6-5-9-16(17)19/h3-10,14,20H,11-12H2,1-2H3,(H,21,22). The molecule has 0 radical (unpaired) electrons. The molecule has 2 N–H and O–H groups in total. The van der Waals surface area contributed by atoms with Gasteiger partial charge < -0.3 is 5.32 Å². The Balaban J connectivity index is 1.88. The molecule has 0 spiro atoms. The van der Waals surface area contributed by atoms with Crippen molar-refractivity contribution in [1.29, 1.82) is 0 Å². The first-order valence-corrected chi connectivity index (χ1v) is 9.76. The number of benzene rings is 2. The molecule has 0 aliphatic carbocycles. The van der Waals surface area contributed by atoms with Gasteiger partial charge in [0.15, 0.2) is 0 Å². The summed E-state index contributed by atoms with van der Waals surface area (Å²) in [4.78, 5) is 12.1. The van der Waals surface area contributed by atoms with Crippen molar-refractivity contribution in [2.75, 3.05) is 6.54 Å². The first-order valence-electron chi connectivity index (χ1n) is 7.90. The van der Waals surface area contributed by atoms with E-state index in [1.54, 1.807) is 12.1 Å². The molecule has 2 aromatic rings. The van der Waals surface area contributed by atoms with Gasteiger partial charge in [0.05, 0.1) is 11.1 Å². The SMILES string of the molecule is Cc1ccccc1C(C)NC(=O)CCNS(=O)(=O)c1ccccc1Cl. The monoisotopic (exact) mass is 380 g/mol. The van der Waals surface area contributed by atoms with Crippen molar-refractivity contribution in [2.24, 2.45) is 0 Å². The van der Waals surface area contributed by atoms with Crippen LogP contribution in [-0.2, 0) is 14.8 Å². The molecule has 0 fully saturated rings. The van der Waals surface area contributed by atoms with E-state index in [1.165, 1.54) is 12.1 Å². The number of amides is 1. The predicted molar refractivity (Wildman–Crippen MR) is 99.0 cm³/mol. The lowest BCUT2D eigenvalue weighted by atomic mass is 10.0. The van der Waals surface area contributed by atoms with Crippen LogP contribution in [0.1, 0.15) is 30.5 Å². The first kappa shape index (κ1) is 19.4. The van der Waals surface area contributed by atoms with E-state index in [0.29, 0.717) is 0 Å². The third-order valence-corrected chi connectivity index (χ3v) is 5.76. The molecule has 1 unspecified atom stereocenters. The minimum absolute atomic E-state index is 0.000117. The van der Waals surface area contributed by atoms with Crippen molar-refractivity contribution in [1.82, 2.24) is 10.0 Å². The molecular formula is C18H21ClN2O3S. The Kier molecular flexibility index (Phi) is 6.58. The zero-order valence-corrected chi connectivity index (χ0v) is 15.7. The summed E-state index contributed by atoms with van der Waals surface area (Å²) in [5.74, 6) is -0.224. The van der Waals surface area contributed by atoms with Gasteiger partial charge in [-0.2, -0.15) is 0 Å². The number of nitrogens with one attached hydrogen (secondary N) is 2. The lowest BCUT2D eigenvalue weighted by Gasteiger charge is -2.16. The summed E-state index contributed by atoms with van der Waals surface area (Å²) in [6.45, 7) is 3.88. The number of rotatable bonds is 7. The Hall–Kier alpha value is -1.89. The van der Waals surface area contributed by atoms with Crippen LogP contribution in [0.2, 0.25) is 5.02 Å². The summed E-state index contributed by atoms with van der Waals surface area (Å²) in [6.07, 6.45) is 0.0416. The van der Waals surface area contributed by atoms with Gasteiger partial charge in [0.25, 0.3) is 0 Å². The molecule has 1 amide bonds. The number of carbonyl (C=O) groups excluding carboxylic acids is 1. The van der Waals surface area contributed by atoms with Gasteiger partial charge in [-0.15, -0.1) is 0 Å². The van der Waals surface area contributed by atoms with Crippen LogP contribution >= 0.6 is 11.6 Å². The highest BCUT2D eigenvalue weighted by Crippen LogP contribution is 2.20. The van der Waals surface area contributed by atoms with Gasteiger partial charge in [-0.1, -0.05) is 48.0 Å². The van der Waals surface area contributed by atoms with Crippen LogP contribution in [0.25, 0.3) is 0 Å². The summed E-state index contributed by atoms with van der Waals surface area (Å²) in [6, 6.07) is 13.8. The minimum atomic E-state index is -3.74. The Bertz CT molecular complexity index is 853. The van der Waals surface area contributed by atoms with Crippen LogP contribution in [0.4, 0.5) is 0 Å². The highest BCUT2D eigenvalue weighted by atomic mass is 35.5. The lowest BCUT2D eigenvalue weighted by Crippen LogP contribution is -2.32. The van der Waals surface area contributed by atoms with Crippen LogP contribution in [0.3, 0.4) is 0 Å². The van der Waals surface area contributed by atoms with Crippen LogP contribution in [-0.4, -0.2) is 20.9 Å². The van der Waals surface area contributed by atoms with Crippen molar-refractivity contribution in [2.45, 2.75) is 31.2 Å². The fourth-order valence-electron chi connectivity index (χ4n) is 2.50. The van der Waals surface area contributed by atoms with Crippen LogP contribution in [0, 0.1) is 6.92 Å². The van der Waals surface area contributed by atoms with Gasteiger partial charge >= 0.3 is 0 Å². The largest absolute Gasteiger partial charge is 0.350 e. The zero-order chi connectivity index (χ0) is 18.4. The van der Waals surface area contributed by atoms with Gasteiger partial charge in [0.1, 0.15) is 4.90 Å². The van der Waals surface area contributed by atoms with Crippen LogP contribution in [0.5, 0.6) is 0 Å². The fraction of sp³-hybridized carbons (Fsp3) is 0.278. The second kappa shape index (κ2) is 8.47. The summed E-state index contributed by atoms with van der Waals surface area (Å²) in [5, 5.41) is 3.02. The molecule has 0 aliphatic rings. The van der Waals surface area contributed by atoms with Gasteiger partial charge in [0, 0.05) is 13.0 Å². The van der Waals surface area contributed by atoms with E-state index in [2.05, 4.69) is 10.0 Å². The Labute approximate surface area is 153 Å². The third kappa shape index (κ3) is 5.29. The molecule has 2 aromatic carbocycles. The first-order chi connectivity index (χ1) is 11.8. The van der Waals surface area contributed by atoms with Crippen molar-refractivity contribution < 1.29 is 13.2 Å². The Morgan fingerprint density at radius 1 is 1.12 bits per heavy atom. The third-order valence-electron chi connectivity index (χ3n) is 3.80. The van der Waals surface area contributed by atoms with E-state index >= 15 is 0 Å². The molecule has 0 aliphatic heterocycles. The molecule has 25 heavy (non-hydrogen) atoms. The number of halogens is 1. The van der Waals surface area contributed by atoms with Gasteiger partial charge in [-0.05, 0) is 37.1 Å². The van der Waals surface area contributed by atoms with Crippen molar-refractivity contribution in [3.63, 3.8) is 0 Å². The molecular weight excluding hydrogens is 360 g/mol. The molecule has 7 heteroatoms.